The van der Waals surface area contributed by atoms with E-state index in [2.05, 4.69) is 4.74 Å². The van der Waals surface area contributed by atoms with Crippen molar-refractivity contribution in [3.8, 4) is 5.75 Å². The van der Waals surface area contributed by atoms with Crippen LogP contribution in [0, 0.1) is 23.5 Å². The third kappa shape index (κ3) is 3.99. The van der Waals surface area contributed by atoms with Gasteiger partial charge in [0.15, 0.2) is 0 Å². The van der Waals surface area contributed by atoms with E-state index in [0.717, 1.165) is 0 Å². The van der Waals surface area contributed by atoms with Gasteiger partial charge in [-0.1, -0.05) is 0 Å². The number of hydrogen-bond acceptors (Lipinski definition) is 2. The van der Waals surface area contributed by atoms with E-state index in [-0.39, 0.29) is 43.7 Å². The lowest BCUT2D eigenvalue weighted by Gasteiger charge is -2.31. The van der Waals surface area contributed by atoms with Crippen molar-refractivity contribution < 1.29 is 40.3 Å². The van der Waals surface area contributed by atoms with Crippen molar-refractivity contribution in [1.82, 2.24) is 0 Å². The molecule has 0 bridgehead atoms. The van der Waals surface area contributed by atoms with Crippen molar-refractivity contribution in [1.29, 1.82) is 0 Å². The molecule has 2 nitrogen and oxygen atoms in total. The van der Waals surface area contributed by atoms with E-state index in [9.17, 15) is 35.5 Å². The molecule has 1 aromatic rings. The average Bonchev–Trinajstić information content (AvgIpc) is 2.44. The normalized spacial score (nSPS) is 22.3. The van der Waals surface area contributed by atoms with E-state index >= 15 is 0 Å². The van der Waals surface area contributed by atoms with Gasteiger partial charge in [-0.3, -0.25) is 0 Å². The lowest BCUT2D eigenvalue weighted by Crippen LogP contribution is -2.37. The molecule has 24 heavy (non-hydrogen) atoms. The third-order valence-corrected chi connectivity index (χ3v) is 3.99. The second-order valence-electron chi connectivity index (χ2n) is 5.67. The standard InChI is InChI=1S/C15H13F7O2/c16-11-5-10(6-12(17)13(11)14(18,19)20)24-15(21,22)9-3-1-8(7-23)2-4-9/h5-9H,1-4H2. The highest BCUT2D eigenvalue weighted by Crippen LogP contribution is 2.41. The molecule has 1 saturated carbocycles. The molecule has 0 radical (unpaired) electrons. The summed E-state index contributed by atoms with van der Waals surface area (Å²) in [6, 6.07) is 0.160. The van der Waals surface area contributed by atoms with Crippen molar-refractivity contribution in [2.24, 2.45) is 11.8 Å². The maximum atomic E-state index is 14.0. The van der Waals surface area contributed by atoms with Crippen molar-refractivity contribution in [3.05, 3.63) is 29.3 Å². The number of carbonyl (C=O) groups is 1. The summed E-state index contributed by atoms with van der Waals surface area (Å²) in [5, 5.41) is 0. The highest BCUT2D eigenvalue weighted by molar-refractivity contribution is 5.53. The van der Waals surface area contributed by atoms with E-state index < -0.39 is 41.2 Å². The Morgan fingerprint density at radius 2 is 1.46 bits per heavy atom. The molecule has 0 aliphatic heterocycles. The lowest BCUT2D eigenvalue weighted by molar-refractivity contribution is -0.223. The Morgan fingerprint density at radius 1 is 0.958 bits per heavy atom. The van der Waals surface area contributed by atoms with Gasteiger partial charge in [-0.2, -0.15) is 22.0 Å². The molecule has 2 rings (SSSR count). The van der Waals surface area contributed by atoms with E-state index in [1.54, 1.807) is 0 Å². The van der Waals surface area contributed by atoms with Crippen molar-refractivity contribution in [2.75, 3.05) is 0 Å². The van der Waals surface area contributed by atoms with Crippen LogP contribution < -0.4 is 4.74 Å². The monoisotopic (exact) mass is 358 g/mol. The molecule has 0 unspecified atom stereocenters. The summed E-state index contributed by atoms with van der Waals surface area (Å²) >= 11 is 0. The third-order valence-electron chi connectivity index (χ3n) is 3.99. The second-order valence-corrected chi connectivity index (χ2v) is 5.67. The Kier molecular flexibility index (Phi) is 5.10. The predicted octanol–water partition coefficient (Wildman–Crippen LogP) is 4.96. The Bertz CT molecular complexity index is 581. The van der Waals surface area contributed by atoms with Crippen LogP contribution in [0.15, 0.2) is 12.1 Å². The molecular formula is C15H13F7O2. The molecule has 9 heteroatoms. The van der Waals surface area contributed by atoms with Crippen LogP contribution in [-0.4, -0.2) is 12.4 Å². The lowest BCUT2D eigenvalue weighted by atomic mass is 9.82. The molecule has 1 aliphatic carbocycles. The van der Waals surface area contributed by atoms with Gasteiger partial charge in [0.1, 0.15) is 29.2 Å². The van der Waals surface area contributed by atoms with Crippen molar-refractivity contribution >= 4 is 6.29 Å². The van der Waals surface area contributed by atoms with Gasteiger partial charge >= 0.3 is 12.3 Å². The smallest absolute Gasteiger partial charge is 0.422 e. The van der Waals surface area contributed by atoms with Gasteiger partial charge in [0.2, 0.25) is 0 Å². The number of alkyl halides is 5. The maximum absolute atomic E-state index is 14.0. The van der Waals surface area contributed by atoms with Crippen molar-refractivity contribution in [3.63, 3.8) is 0 Å². The topological polar surface area (TPSA) is 26.3 Å². The van der Waals surface area contributed by atoms with Crippen LogP contribution in [0.5, 0.6) is 5.75 Å². The summed E-state index contributed by atoms with van der Waals surface area (Å²) in [6.45, 7) is 0. The number of hydrogen-bond donors (Lipinski definition) is 0. The highest BCUT2D eigenvalue weighted by Gasteiger charge is 2.45. The molecule has 0 amide bonds. The zero-order chi connectivity index (χ0) is 18.1. The molecule has 0 atom stereocenters. The Balaban J connectivity index is 2.17. The minimum absolute atomic E-state index is 0.0397. The van der Waals surface area contributed by atoms with Crippen molar-refractivity contribution in [2.45, 2.75) is 38.0 Å². The summed E-state index contributed by atoms with van der Waals surface area (Å²) in [5.74, 6) is -6.70. The summed E-state index contributed by atoms with van der Waals surface area (Å²) in [5.41, 5.74) is -2.16. The average molecular weight is 358 g/mol. The number of benzene rings is 1. The minimum atomic E-state index is -5.29. The summed E-state index contributed by atoms with van der Waals surface area (Å²) < 4.78 is 96.5. The van der Waals surface area contributed by atoms with Gasteiger partial charge in [-0.05, 0) is 25.7 Å². The first-order chi connectivity index (χ1) is 11.0. The molecule has 0 spiro atoms. The summed E-state index contributed by atoms with van der Waals surface area (Å²) in [4.78, 5) is 10.6. The zero-order valence-electron chi connectivity index (χ0n) is 12.2. The van der Waals surface area contributed by atoms with Gasteiger partial charge in [0.05, 0.1) is 5.92 Å². The maximum Gasteiger partial charge on any atom is 0.422 e. The minimum Gasteiger partial charge on any atom is -0.432 e. The first-order valence-electron chi connectivity index (χ1n) is 7.13. The number of ether oxygens (including phenoxy) is 1. The van der Waals surface area contributed by atoms with Gasteiger partial charge in [0.25, 0.3) is 0 Å². The molecule has 1 aliphatic rings. The molecule has 134 valence electrons. The van der Waals surface area contributed by atoms with Crippen LogP contribution in [0.3, 0.4) is 0 Å². The van der Waals surface area contributed by atoms with Gasteiger partial charge in [0, 0.05) is 18.1 Å². The van der Waals surface area contributed by atoms with Crippen LogP contribution in [0.1, 0.15) is 31.2 Å². The Labute approximate surface area is 132 Å². The van der Waals surface area contributed by atoms with Crippen LogP contribution in [-0.2, 0) is 11.0 Å². The Morgan fingerprint density at radius 3 is 1.88 bits per heavy atom. The number of aldehydes is 1. The first-order valence-corrected chi connectivity index (χ1v) is 7.13. The van der Waals surface area contributed by atoms with E-state index in [4.69, 9.17) is 0 Å². The van der Waals surface area contributed by atoms with Crippen LogP contribution >= 0.6 is 0 Å². The summed E-state index contributed by atoms with van der Waals surface area (Å²) in [6.07, 6.45) is -8.06. The van der Waals surface area contributed by atoms with Gasteiger partial charge in [-0.15, -0.1) is 0 Å². The Hall–Kier alpha value is -1.80. The molecular weight excluding hydrogens is 345 g/mol. The van der Waals surface area contributed by atoms with Crippen LogP contribution in [0.4, 0.5) is 30.7 Å². The van der Waals surface area contributed by atoms with Gasteiger partial charge in [-0.25, -0.2) is 8.78 Å². The molecule has 1 fully saturated rings. The quantitative estimate of drug-likeness (QED) is 0.562. The number of rotatable bonds is 4. The molecule has 0 N–H and O–H groups in total. The molecule has 0 heterocycles. The molecule has 1 aromatic carbocycles. The fourth-order valence-electron chi connectivity index (χ4n) is 2.71. The predicted molar refractivity (Wildman–Crippen MR) is 68.4 cm³/mol. The fourth-order valence-corrected chi connectivity index (χ4v) is 2.71. The highest BCUT2D eigenvalue weighted by atomic mass is 19.4. The zero-order valence-corrected chi connectivity index (χ0v) is 12.2. The van der Waals surface area contributed by atoms with Crippen LogP contribution in [0.25, 0.3) is 0 Å². The molecule has 0 aromatic heterocycles. The van der Waals surface area contributed by atoms with Gasteiger partial charge < -0.3 is 9.53 Å². The largest absolute Gasteiger partial charge is 0.432 e. The van der Waals surface area contributed by atoms with E-state index in [1.165, 1.54) is 0 Å². The van der Waals surface area contributed by atoms with E-state index in [0.29, 0.717) is 6.29 Å². The number of halogens is 7. The SMILES string of the molecule is O=CC1CCC(C(F)(F)Oc2cc(F)c(C(F)(F)F)c(F)c2)CC1. The van der Waals surface area contributed by atoms with E-state index in [1.807, 2.05) is 0 Å². The first kappa shape index (κ1) is 18.5. The molecule has 0 saturated heterocycles. The number of carbonyl (C=O) groups excluding carboxylic acids is 1. The fraction of sp³-hybridized carbons (Fsp3) is 0.533. The summed E-state index contributed by atoms with van der Waals surface area (Å²) in [7, 11) is 0. The second kappa shape index (κ2) is 6.60. The van der Waals surface area contributed by atoms with Crippen LogP contribution in [0.2, 0.25) is 0 Å².